The van der Waals surface area contributed by atoms with E-state index in [2.05, 4.69) is 6.92 Å². The summed E-state index contributed by atoms with van der Waals surface area (Å²) < 4.78 is 12.6. The molecule has 1 unspecified atom stereocenters. The molecule has 1 aromatic carbocycles. The molecule has 0 aliphatic carbocycles. The quantitative estimate of drug-likeness (QED) is 0.756. The maximum Gasteiger partial charge on any atom is 0.123 e. The zero-order chi connectivity index (χ0) is 11.1. The smallest absolute Gasteiger partial charge is 0.123 e. The Morgan fingerprint density at radius 1 is 1.33 bits per heavy atom. The molecule has 1 atom stereocenters. The minimum atomic E-state index is -0.186. The molecular formula is C12H18FNS. The minimum absolute atomic E-state index is 0.186. The highest BCUT2D eigenvalue weighted by Crippen LogP contribution is 2.09. The number of hydrogen-bond donors (Lipinski definition) is 1. The van der Waals surface area contributed by atoms with Crippen molar-refractivity contribution in [3.63, 3.8) is 0 Å². The highest BCUT2D eigenvalue weighted by Gasteiger charge is 2.03. The Bertz CT molecular complexity index is 273. The molecule has 0 aromatic heterocycles. The molecule has 3 heteroatoms. The van der Waals surface area contributed by atoms with Crippen LogP contribution in [0.1, 0.15) is 18.9 Å². The van der Waals surface area contributed by atoms with E-state index in [1.807, 2.05) is 23.9 Å². The molecule has 1 nitrogen and oxygen atoms in total. The molecule has 2 N–H and O–H groups in total. The van der Waals surface area contributed by atoms with Crippen molar-refractivity contribution < 1.29 is 4.39 Å². The summed E-state index contributed by atoms with van der Waals surface area (Å²) >= 11 is 1.91. The van der Waals surface area contributed by atoms with E-state index in [9.17, 15) is 4.39 Å². The van der Waals surface area contributed by atoms with Crippen molar-refractivity contribution in [3.05, 3.63) is 35.6 Å². The van der Waals surface area contributed by atoms with Gasteiger partial charge < -0.3 is 5.73 Å². The average molecular weight is 227 g/mol. The summed E-state index contributed by atoms with van der Waals surface area (Å²) in [6.45, 7) is 2.15. The van der Waals surface area contributed by atoms with Gasteiger partial charge in [-0.2, -0.15) is 11.8 Å². The van der Waals surface area contributed by atoms with Gasteiger partial charge in [-0.15, -0.1) is 0 Å². The second kappa shape index (κ2) is 6.85. The molecule has 0 saturated carbocycles. The number of halogens is 1. The fraction of sp³-hybridized carbons (Fsp3) is 0.500. The van der Waals surface area contributed by atoms with Crippen LogP contribution in [0.5, 0.6) is 0 Å². The highest BCUT2D eigenvalue weighted by atomic mass is 32.2. The second-order valence-corrected chi connectivity index (χ2v) is 4.97. The molecule has 0 aliphatic heterocycles. The van der Waals surface area contributed by atoms with Crippen LogP contribution in [0.25, 0.3) is 0 Å². The van der Waals surface area contributed by atoms with Crippen LogP contribution in [0.4, 0.5) is 4.39 Å². The van der Waals surface area contributed by atoms with Gasteiger partial charge in [-0.3, -0.25) is 0 Å². The summed E-state index contributed by atoms with van der Waals surface area (Å²) in [5, 5.41) is 0. The Kier molecular flexibility index (Phi) is 5.73. The molecule has 0 radical (unpaired) electrons. The van der Waals surface area contributed by atoms with Crippen LogP contribution >= 0.6 is 11.8 Å². The van der Waals surface area contributed by atoms with E-state index >= 15 is 0 Å². The van der Waals surface area contributed by atoms with Gasteiger partial charge in [0, 0.05) is 6.04 Å². The molecule has 0 spiro atoms. The largest absolute Gasteiger partial charge is 0.327 e. The maximum atomic E-state index is 12.6. The van der Waals surface area contributed by atoms with Gasteiger partial charge in [0.1, 0.15) is 5.82 Å². The SMILES string of the molecule is CCSCCC(N)Cc1ccc(F)cc1. The normalized spacial score (nSPS) is 12.7. The molecule has 15 heavy (non-hydrogen) atoms. The molecule has 1 aromatic rings. The zero-order valence-electron chi connectivity index (χ0n) is 9.08. The number of thioether (sulfide) groups is 1. The molecule has 0 heterocycles. The van der Waals surface area contributed by atoms with Gasteiger partial charge in [-0.1, -0.05) is 19.1 Å². The molecule has 0 saturated heterocycles. The van der Waals surface area contributed by atoms with E-state index in [0.29, 0.717) is 0 Å². The summed E-state index contributed by atoms with van der Waals surface area (Å²) in [6.07, 6.45) is 1.86. The van der Waals surface area contributed by atoms with E-state index in [0.717, 1.165) is 29.9 Å². The van der Waals surface area contributed by atoms with E-state index in [1.165, 1.54) is 12.1 Å². The lowest BCUT2D eigenvalue weighted by Gasteiger charge is -2.10. The first-order chi connectivity index (χ1) is 7.22. The van der Waals surface area contributed by atoms with Gasteiger partial charge in [-0.25, -0.2) is 4.39 Å². The summed E-state index contributed by atoms with van der Waals surface area (Å²) in [5.74, 6) is 2.07. The summed E-state index contributed by atoms with van der Waals surface area (Å²) in [7, 11) is 0. The fourth-order valence-electron chi connectivity index (χ4n) is 1.40. The number of nitrogens with two attached hydrogens (primary N) is 1. The van der Waals surface area contributed by atoms with Crippen LogP contribution in [0, 0.1) is 5.82 Å². The maximum absolute atomic E-state index is 12.6. The minimum Gasteiger partial charge on any atom is -0.327 e. The summed E-state index contributed by atoms with van der Waals surface area (Å²) in [5.41, 5.74) is 7.09. The lowest BCUT2D eigenvalue weighted by Crippen LogP contribution is -2.23. The monoisotopic (exact) mass is 227 g/mol. The third kappa shape index (κ3) is 5.19. The molecule has 0 amide bonds. The van der Waals surface area contributed by atoms with E-state index < -0.39 is 0 Å². The van der Waals surface area contributed by atoms with E-state index in [-0.39, 0.29) is 11.9 Å². The van der Waals surface area contributed by atoms with E-state index in [4.69, 9.17) is 5.73 Å². The van der Waals surface area contributed by atoms with Crippen molar-refractivity contribution in [1.82, 2.24) is 0 Å². The van der Waals surface area contributed by atoms with Gasteiger partial charge in [0.2, 0.25) is 0 Å². The second-order valence-electron chi connectivity index (χ2n) is 3.58. The van der Waals surface area contributed by atoms with Crippen LogP contribution in [-0.2, 0) is 6.42 Å². The first-order valence-electron chi connectivity index (χ1n) is 5.30. The van der Waals surface area contributed by atoms with Crippen molar-refractivity contribution in [2.24, 2.45) is 5.73 Å². The third-order valence-electron chi connectivity index (χ3n) is 2.25. The van der Waals surface area contributed by atoms with Crippen molar-refractivity contribution in [2.75, 3.05) is 11.5 Å². The third-order valence-corrected chi connectivity index (χ3v) is 3.18. The Morgan fingerprint density at radius 3 is 2.60 bits per heavy atom. The summed E-state index contributed by atoms with van der Waals surface area (Å²) in [6, 6.07) is 6.78. The fourth-order valence-corrected chi connectivity index (χ4v) is 2.16. The van der Waals surface area contributed by atoms with E-state index in [1.54, 1.807) is 0 Å². The standard InChI is InChI=1S/C12H18FNS/c1-2-15-8-7-12(14)9-10-3-5-11(13)6-4-10/h3-6,12H,2,7-9,14H2,1H3. The van der Waals surface area contributed by atoms with Crippen LogP contribution in [0.3, 0.4) is 0 Å². The Balaban J connectivity index is 2.31. The van der Waals surface area contributed by atoms with Crippen LogP contribution in [-0.4, -0.2) is 17.5 Å². The number of rotatable bonds is 6. The Hall–Kier alpha value is -0.540. The molecule has 84 valence electrons. The molecule has 0 bridgehead atoms. The number of benzene rings is 1. The van der Waals surface area contributed by atoms with Crippen molar-refractivity contribution in [2.45, 2.75) is 25.8 Å². The van der Waals surface area contributed by atoms with Crippen LogP contribution in [0.2, 0.25) is 0 Å². The first kappa shape index (κ1) is 12.5. The van der Waals surface area contributed by atoms with Gasteiger partial charge in [-0.05, 0) is 42.0 Å². The predicted molar refractivity (Wildman–Crippen MR) is 65.7 cm³/mol. The average Bonchev–Trinajstić information content (AvgIpc) is 2.22. The summed E-state index contributed by atoms with van der Waals surface area (Å²) in [4.78, 5) is 0. The Morgan fingerprint density at radius 2 is 2.00 bits per heavy atom. The molecule has 0 aliphatic rings. The predicted octanol–water partition coefficient (Wildman–Crippen LogP) is 2.84. The van der Waals surface area contributed by atoms with Gasteiger partial charge in [0.05, 0.1) is 0 Å². The highest BCUT2D eigenvalue weighted by molar-refractivity contribution is 7.99. The van der Waals surface area contributed by atoms with Crippen molar-refractivity contribution in [1.29, 1.82) is 0 Å². The van der Waals surface area contributed by atoms with Gasteiger partial charge >= 0.3 is 0 Å². The van der Waals surface area contributed by atoms with Gasteiger partial charge in [0.15, 0.2) is 0 Å². The van der Waals surface area contributed by atoms with Gasteiger partial charge in [0.25, 0.3) is 0 Å². The topological polar surface area (TPSA) is 26.0 Å². The lowest BCUT2D eigenvalue weighted by atomic mass is 10.1. The van der Waals surface area contributed by atoms with Crippen molar-refractivity contribution >= 4 is 11.8 Å². The van der Waals surface area contributed by atoms with Crippen LogP contribution in [0.15, 0.2) is 24.3 Å². The van der Waals surface area contributed by atoms with Crippen molar-refractivity contribution in [3.8, 4) is 0 Å². The zero-order valence-corrected chi connectivity index (χ0v) is 9.90. The molecular weight excluding hydrogens is 209 g/mol. The Labute approximate surface area is 95.2 Å². The molecule has 1 rings (SSSR count). The lowest BCUT2D eigenvalue weighted by molar-refractivity contribution is 0.622. The first-order valence-corrected chi connectivity index (χ1v) is 6.45. The number of hydrogen-bond acceptors (Lipinski definition) is 2. The molecule has 0 fully saturated rings. The van der Waals surface area contributed by atoms with Crippen LogP contribution < -0.4 is 5.73 Å².